The SMILES string of the molecule is N#Cc1ccc(-c2ccc(OCC3(C(=O)O)CCN(C(c4ccc(Br)cc4)C(F)(F)F)C3)cc2)cc1. The zero-order valence-electron chi connectivity index (χ0n) is 19.0. The summed E-state index contributed by atoms with van der Waals surface area (Å²) in [5, 5.41) is 18.9. The highest BCUT2D eigenvalue weighted by Gasteiger charge is 2.53. The lowest BCUT2D eigenvalue weighted by Gasteiger charge is -2.32. The van der Waals surface area contributed by atoms with E-state index in [1.807, 2.05) is 12.1 Å². The Morgan fingerprint density at radius 3 is 2.17 bits per heavy atom. The van der Waals surface area contributed by atoms with Gasteiger partial charge >= 0.3 is 12.1 Å². The van der Waals surface area contributed by atoms with Gasteiger partial charge < -0.3 is 9.84 Å². The minimum Gasteiger partial charge on any atom is -0.492 e. The lowest BCUT2D eigenvalue weighted by molar-refractivity contribution is -0.186. The van der Waals surface area contributed by atoms with Crippen LogP contribution in [0.25, 0.3) is 11.1 Å². The van der Waals surface area contributed by atoms with Crippen molar-refractivity contribution in [2.45, 2.75) is 18.6 Å². The maximum atomic E-state index is 14.0. The van der Waals surface area contributed by atoms with Crippen molar-refractivity contribution < 1.29 is 27.8 Å². The molecule has 186 valence electrons. The summed E-state index contributed by atoms with van der Waals surface area (Å²) < 4.78 is 48.5. The molecule has 1 aliphatic rings. The Morgan fingerprint density at radius 2 is 1.64 bits per heavy atom. The van der Waals surface area contributed by atoms with Crippen LogP contribution in [0, 0.1) is 16.7 Å². The molecule has 0 radical (unpaired) electrons. The maximum absolute atomic E-state index is 14.0. The Kier molecular flexibility index (Phi) is 7.38. The second-order valence-corrected chi connectivity index (χ2v) is 9.72. The van der Waals surface area contributed by atoms with Crippen LogP contribution in [0.4, 0.5) is 13.2 Å². The Hall–Kier alpha value is -3.35. The molecule has 1 saturated heterocycles. The smallest absolute Gasteiger partial charge is 0.408 e. The van der Waals surface area contributed by atoms with Gasteiger partial charge in [-0.1, -0.05) is 52.3 Å². The highest BCUT2D eigenvalue weighted by atomic mass is 79.9. The molecule has 1 fully saturated rings. The number of likely N-dealkylation sites (tertiary alicyclic amines) is 1. The summed E-state index contributed by atoms with van der Waals surface area (Å²) in [4.78, 5) is 13.4. The van der Waals surface area contributed by atoms with Crippen LogP contribution in [0.2, 0.25) is 0 Å². The summed E-state index contributed by atoms with van der Waals surface area (Å²) in [5.41, 5.74) is 0.932. The number of nitriles is 1. The molecular weight excluding hydrogens is 537 g/mol. The summed E-state index contributed by atoms with van der Waals surface area (Å²) in [6.45, 7) is -0.556. The van der Waals surface area contributed by atoms with Crippen molar-refractivity contribution in [2.24, 2.45) is 5.41 Å². The number of rotatable bonds is 7. The van der Waals surface area contributed by atoms with Crippen molar-refractivity contribution in [3.8, 4) is 22.9 Å². The molecule has 3 aromatic carbocycles. The Bertz CT molecular complexity index is 1260. The predicted molar refractivity (Wildman–Crippen MR) is 131 cm³/mol. The molecule has 0 aliphatic carbocycles. The van der Waals surface area contributed by atoms with Crippen LogP contribution >= 0.6 is 15.9 Å². The molecule has 9 heteroatoms. The molecule has 36 heavy (non-hydrogen) atoms. The van der Waals surface area contributed by atoms with Gasteiger partial charge in [0.2, 0.25) is 0 Å². The van der Waals surface area contributed by atoms with Gasteiger partial charge in [0.05, 0.1) is 11.6 Å². The number of carbonyl (C=O) groups is 1. The number of hydrogen-bond acceptors (Lipinski definition) is 4. The van der Waals surface area contributed by atoms with Crippen molar-refractivity contribution >= 4 is 21.9 Å². The Morgan fingerprint density at radius 1 is 1.06 bits per heavy atom. The lowest BCUT2D eigenvalue weighted by Crippen LogP contribution is -2.43. The van der Waals surface area contributed by atoms with Crippen molar-refractivity contribution in [1.29, 1.82) is 5.26 Å². The van der Waals surface area contributed by atoms with E-state index in [0.29, 0.717) is 15.8 Å². The average Bonchev–Trinajstić information content (AvgIpc) is 3.29. The van der Waals surface area contributed by atoms with Crippen LogP contribution in [-0.4, -0.2) is 41.8 Å². The van der Waals surface area contributed by atoms with E-state index in [-0.39, 0.29) is 31.7 Å². The minimum atomic E-state index is -4.56. The van der Waals surface area contributed by atoms with Gasteiger partial charge in [-0.25, -0.2) is 0 Å². The largest absolute Gasteiger partial charge is 0.492 e. The van der Waals surface area contributed by atoms with Crippen LogP contribution in [-0.2, 0) is 4.79 Å². The van der Waals surface area contributed by atoms with Crippen molar-refractivity contribution in [3.63, 3.8) is 0 Å². The highest BCUT2D eigenvalue weighted by Crippen LogP contribution is 2.44. The van der Waals surface area contributed by atoms with Gasteiger partial charge in [0.1, 0.15) is 23.8 Å². The Balaban J connectivity index is 1.48. The predicted octanol–water partition coefficient (Wildman–Crippen LogP) is 6.45. The van der Waals surface area contributed by atoms with Crippen molar-refractivity contribution in [2.75, 3.05) is 19.7 Å². The summed E-state index contributed by atoms with van der Waals surface area (Å²) in [6.07, 6.45) is -4.53. The number of carboxylic acids is 1. The zero-order chi connectivity index (χ0) is 25.9. The van der Waals surface area contributed by atoms with Crippen LogP contribution in [0.15, 0.2) is 77.3 Å². The minimum absolute atomic E-state index is 0.0203. The molecule has 1 heterocycles. The van der Waals surface area contributed by atoms with E-state index in [1.54, 1.807) is 48.5 Å². The molecule has 3 aromatic rings. The number of alkyl halides is 3. The van der Waals surface area contributed by atoms with Crippen LogP contribution in [0.1, 0.15) is 23.6 Å². The topological polar surface area (TPSA) is 73.6 Å². The van der Waals surface area contributed by atoms with E-state index < -0.39 is 23.6 Å². The number of nitrogens with zero attached hydrogens (tertiary/aromatic N) is 2. The first-order valence-electron chi connectivity index (χ1n) is 11.1. The molecule has 2 unspecified atom stereocenters. The number of aliphatic carboxylic acids is 1. The van der Waals surface area contributed by atoms with Gasteiger partial charge in [-0.05, 0) is 59.5 Å². The molecule has 5 nitrogen and oxygen atoms in total. The van der Waals surface area contributed by atoms with E-state index in [1.165, 1.54) is 17.0 Å². The summed E-state index contributed by atoms with van der Waals surface area (Å²) in [7, 11) is 0. The molecule has 0 spiro atoms. The number of hydrogen-bond donors (Lipinski definition) is 1. The third-order valence-electron chi connectivity index (χ3n) is 6.41. The van der Waals surface area contributed by atoms with Gasteiger partial charge in [0.15, 0.2) is 0 Å². The van der Waals surface area contributed by atoms with E-state index in [9.17, 15) is 23.1 Å². The van der Waals surface area contributed by atoms with Gasteiger partial charge in [-0.2, -0.15) is 18.4 Å². The number of ether oxygens (including phenoxy) is 1. The van der Waals surface area contributed by atoms with Crippen LogP contribution in [0.3, 0.4) is 0 Å². The van der Waals surface area contributed by atoms with Gasteiger partial charge in [-0.3, -0.25) is 9.69 Å². The fraction of sp³-hybridized carbons (Fsp3) is 0.259. The summed E-state index contributed by atoms with van der Waals surface area (Å²) in [6, 6.07) is 20.1. The Labute approximate surface area is 214 Å². The molecule has 0 amide bonds. The highest BCUT2D eigenvalue weighted by molar-refractivity contribution is 9.10. The summed E-state index contributed by atoms with van der Waals surface area (Å²) in [5.74, 6) is -0.761. The van der Waals surface area contributed by atoms with Crippen molar-refractivity contribution in [1.82, 2.24) is 4.90 Å². The fourth-order valence-electron chi connectivity index (χ4n) is 4.43. The van der Waals surface area contributed by atoms with E-state index in [2.05, 4.69) is 22.0 Å². The number of halogens is 4. The number of benzene rings is 3. The summed E-state index contributed by atoms with van der Waals surface area (Å²) >= 11 is 3.23. The molecular formula is C27H22BrF3N2O3. The van der Waals surface area contributed by atoms with E-state index >= 15 is 0 Å². The fourth-order valence-corrected chi connectivity index (χ4v) is 4.70. The first kappa shape index (κ1) is 25.7. The monoisotopic (exact) mass is 558 g/mol. The molecule has 0 aromatic heterocycles. The molecule has 2 atom stereocenters. The lowest BCUT2D eigenvalue weighted by atomic mass is 9.88. The molecule has 4 rings (SSSR count). The zero-order valence-corrected chi connectivity index (χ0v) is 20.6. The second kappa shape index (κ2) is 10.3. The standard InChI is InChI=1S/C27H22BrF3N2O3/c28-22-9-5-21(6-10-22)24(27(29,30)31)33-14-13-26(16-33,25(34)35)17-36-23-11-7-20(8-12-23)19-3-1-18(15-32)2-4-19/h1-12,24H,13-14,16-17H2,(H,34,35). The van der Waals surface area contributed by atoms with Crippen molar-refractivity contribution in [3.05, 3.63) is 88.4 Å². The first-order valence-corrected chi connectivity index (χ1v) is 11.9. The van der Waals surface area contributed by atoms with E-state index in [4.69, 9.17) is 10.00 Å². The van der Waals surface area contributed by atoms with E-state index in [0.717, 1.165) is 11.1 Å². The molecule has 1 N–H and O–H groups in total. The van der Waals surface area contributed by atoms with Crippen LogP contribution < -0.4 is 4.74 Å². The maximum Gasteiger partial charge on any atom is 0.408 e. The third kappa shape index (κ3) is 5.55. The molecule has 1 aliphatic heterocycles. The van der Waals surface area contributed by atoms with Crippen LogP contribution in [0.5, 0.6) is 5.75 Å². The molecule has 0 bridgehead atoms. The molecule has 0 saturated carbocycles. The quantitative estimate of drug-likeness (QED) is 0.361. The first-order chi connectivity index (χ1) is 17.1. The normalized spacial score (nSPS) is 19.0. The van der Waals surface area contributed by atoms with Gasteiger partial charge in [0, 0.05) is 17.6 Å². The average molecular weight is 559 g/mol. The third-order valence-corrected chi connectivity index (χ3v) is 6.94. The number of carboxylic acid groups (broad SMARTS) is 1. The second-order valence-electron chi connectivity index (χ2n) is 8.80. The van der Waals surface area contributed by atoms with Gasteiger partial charge in [0.25, 0.3) is 0 Å². The van der Waals surface area contributed by atoms with Gasteiger partial charge in [-0.15, -0.1) is 0 Å².